The lowest BCUT2D eigenvalue weighted by atomic mass is 10.0. The Balaban J connectivity index is 1.57. The molecule has 2 aromatic carbocycles. The summed E-state index contributed by atoms with van der Waals surface area (Å²) in [5, 5.41) is 13.6. The highest BCUT2D eigenvalue weighted by atomic mass is 19.1. The first-order chi connectivity index (χ1) is 13.4. The molecule has 2 atom stereocenters. The maximum atomic E-state index is 14.6. The average Bonchev–Trinajstić information content (AvgIpc) is 2.68. The third-order valence-corrected chi connectivity index (χ3v) is 4.53. The lowest BCUT2D eigenvalue weighted by Crippen LogP contribution is -2.52. The number of nitro benzene ring substituents is 1. The van der Waals surface area contributed by atoms with Gasteiger partial charge in [0.2, 0.25) is 0 Å². The van der Waals surface area contributed by atoms with Crippen LogP contribution in [-0.4, -0.2) is 36.3 Å². The third kappa shape index (κ3) is 4.73. The van der Waals surface area contributed by atoms with Crippen LogP contribution in [0.3, 0.4) is 0 Å². The number of nitro groups is 1. The molecule has 148 valence electrons. The minimum atomic E-state index is -1.46. The van der Waals surface area contributed by atoms with Crippen molar-refractivity contribution in [1.82, 2.24) is 5.32 Å². The molecule has 1 heterocycles. The van der Waals surface area contributed by atoms with Gasteiger partial charge in [0.05, 0.1) is 23.6 Å². The molecule has 1 saturated heterocycles. The van der Waals surface area contributed by atoms with Gasteiger partial charge >= 0.3 is 6.09 Å². The van der Waals surface area contributed by atoms with Crippen molar-refractivity contribution in [3.8, 4) is 0 Å². The van der Waals surface area contributed by atoms with Crippen LogP contribution in [-0.2, 0) is 11.3 Å². The van der Waals surface area contributed by atoms with E-state index >= 15 is 0 Å². The number of ether oxygens (including phenoxy) is 1. The van der Waals surface area contributed by atoms with Gasteiger partial charge in [-0.3, -0.25) is 10.1 Å². The molecule has 2 unspecified atom stereocenters. The van der Waals surface area contributed by atoms with Gasteiger partial charge in [-0.15, -0.1) is 0 Å². The lowest BCUT2D eigenvalue weighted by Gasteiger charge is -2.35. The summed E-state index contributed by atoms with van der Waals surface area (Å²) < 4.78 is 33.0. The first-order valence-corrected chi connectivity index (χ1v) is 8.74. The number of piperidine rings is 1. The summed E-state index contributed by atoms with van der Waals surface area (Å²) in [6.45, 7) is 0.191. The number of rotatable bonds is 5. The number of alkyl halides is 1. The molecular formula is C19H19F2N3O4. The quantitative estimate of drug-likeness (QED) is 0.622. The number of amides is 1. The van der Waals surface area contributed by atoms with E-state index < -0.39 is 34.7 Å². The molecule has 0 saturated carbocycles. The fraction of sp³-hybridized carbons (Fsp3) is 0.316. The van der Waals surface area contributed by atoms with Crippen LogP contribution in [0.5, 0.6) is 0 Å². The second-order valence-corrected chi connectivity index (χ2v) is 6.45. The van der Waals surface area contributed by atoms with Gasteiger partial charge in [0.25, 0.3) is 5.69 Å². The van der Waals surface area contributed by atoms with Gasteiger partial charge in [-0.2, -0.15) is 0 Å². The predicted molar refractivity (Wildman–Crippen MR) is 98.3 cm³/mol. The van der Waals surface area contributed by atoms with Crippen LogP contribution in [0.1, 0.15) is 12.0 Å². The zero-order valence-corrected chi connectivity index (χ0v) is 14.9. The molecule has 9 heteroatoms. The molecule has 0 aromatic heterocycles. The second-order valence-electron chi connectivity index (χ2n) is 6.45. The zero-order chi connectivity index (χ0) is 20.1. The average molecular weight is 391 g/mol. The molecule has 1 amide bonds. The SMILES string of the molecule is O=C(NC1CCN(c2ccc(F)cc2[N+](=O)[O-])CC1F)OCc1ccccc1. The van der Waals surface area contributed by atoms with Crippen LogP contribution < -0.4 is 10.2 Å². The third-order valence-electron chi connectivity index (χ3n) is 4.53. The summed E-state index contributed by atoms with van der Waals surface area (Å²) in [6.07, 6.45) is -1.95. The summed E-state index contributed by atoms with van der Waals surface area (Å²) in [4.78, 5) is 23.8. The van der Waals surface area contributed by atoms with Crippen LogP contribution in [0, 0.1) is 15.9 Å². The Morgan fingerprint density at radius 1 is 1.29 bits per heavy atom. The van der Waals surface area contributed by atoms with Crippen molar-refractivity contribution in [2.45, 2.75) is 25.2 Å². The van der Waals surface area contributed by atoms with E-state index in [0.717, 1.165) is 17.7 Å². The monoisotopic (exact) mass is 391 g/mol. The molecule has 1 aliphatic heterocycles. The minimum absolute atomic E-state index is 0.0737. The Hall–Kier alpha value is -3.23. The molecule has 1 fully saturated rings. The molecule has 3 rings (SSSR count). The fourth-order valence-corrected chi connectivity index (χ4v) is 3.11. The van der Waals surface area contributed by atoms with Crippen molar-refractivity contribution in [3.63, 3.8) is 0 Å². The number of alkyl carbamates (subject to hydrolysis) is 1. The number of benzene rings is 2. The number of carbonyl (C=O) groups is 1. The highest BCUT2D eigenvalue weighted by Gasteiger charge is 2.33. The summed E-state index contributed by atoms with van der Waals surface area (Å²) in [5.41, 5.74) is 0.549. The number of anilines is 1. The van der Waals surface area contributed by atoms with Gasteiger partial charge in [-0.05, 0) is 24.1 Å². The maximum absolute atomic E-state index is 14.6. The number of halogens is 2. The molecule has 1 N–H and O–H groups in total. The summed E-state index contributed by atoms with van der Waals surface area (Å²) >= 11 is 0. The normalized spacial score (nSPS) is 19.1. The van der Waals surface area contributed by atoms with Crippen LogP contribution in [0.15, 0.2) is 48.5 Å². The maximum Gasteiger partial charge on any atom is 0.407 e. The van der Waals surface area contributed by atoms with Gasteiger partial charge in [0.15, 0.2) is 0 Å². The van der Waals surface area contributed by atoms with Gasteiger partial charge in [0.1, 0.15) is 24.3 Å². The number of hydrogen-bond acceptors (Lipinski definition) is 5. The van der Waals surface area contributed by atoms with Crippen molar-refractivity contribution < 1.29 is 23.2 Å². The van der Waals surface area contributed by atoms with Gasteiger partial charge in [-0.25, -0.2) is 13.6 Å². The highest BCUT2D eigenvalue weighted by Crippen LogP contribution is 2.31. The number of hydrogen-bond donors (Lipinski definition) is 1. The Kier molecular flexibility index (Phi) is 6.03. The second kappa shape index (κ2) is 8.64. The van der Waals surface area contributed by atoms with Crippen LogP contribution >= 0.6 is 0 Å². The predicted octanol–water partition coefficient (Wildman–Crippen LogP) is 3.58. The first-order valence-electron chi connectivity index (χ1n) is 8.74. The lowest BCUT2D eigenvalue weighted by molar-refractivity contribution is -0.384. The Bertz CT molecular complexity index is 850. The standard InChI is InChI=1S/C19H19F2N3O4/c20-14-6-7-17(18(10-14)24(26)27)23-9-8-16(15(21)11-23)22-19(25)28-12-13-4-2-1-3-5-13/h1-7,10,15-16H,8-9,11-12H2,(H,22,25). The number of nitrogens with one attached hydrogen (secondary N) is 1. The zero-order valence-electron chi connectivity index (χ0n) is 14.9. The topological polar surface area (TPSA) is 84.7 Å². The first kappa shape index (κ1) is 19.5. The minimum Gasteiger partial charge on any atom is -0.445 e. The summed E-state index contributed by atoms with van der Waals surface area (Å²) in [6, 6.07) is 11.5. The molecule has 1 aliphatic rings. The summed E-state index contributed by atoms with van der Waals surface area (Å²) in [5.74, 6) is -0.732. The smallest absolute Gasteiger partial charge is 0.407 e. The summed E-state index contributed by atoms with van der Waals surface area (Å²) in [7, 11) is 0. The van der Waals surface area contributed by atoms with E-state index in [1.54, 1.807) is 12.1 Å². The molecule has 28 heavy (non-hydrogen) atoms. The number of nitrogens with zero attached hydrogens (tertiary/aromatic N) is 2. The van der Waals surface area contributed by atoms with Gasteiger partial charge in [-0.1, -0.05) is 30.3 Å². The van der Waals surface area contributed by atoms with Gasteiger partial charge in [0, 0.05) is 6.54 Å². The van der Waals surface area contributed by atoms with Crippen molar-refractivity contribution in [2.75, 3.05) is 18.0 Å². The molecule has 0 spiro atoms. The molecule has 2 aromatic rings. The van der Waals surface area contributed by atoms with E-state index in [1.165, 1.54) is 11.0 Å². The largest absolute Gasteiger partial charge is 0.445 e. The molecule has 0 aliphatic carbocycles. The molecule has 0 radical (unpaired) electrons. The van der Waals surface area contributed by atoms with E-state index in [2.05, 4.69) is 5.32 Å². The van der Waals surface area contributed by atoms with E-state index in [9.17, 15) is 23.7 Å². The fourth-order valence-electron chi connectivity index (χ4n) is 3.11. The van der Waals surface area contributed by atoms with Crippen LogP contribution in [0.25, 0.3) is 0 Å². The Morgan fingerprint density at radius 3 is 2.71 bits per heavy atom. The highest BCUT2D eigenvalue weighted by molar-refractivity contribution is 5.68. The van der Waals surface area contributed by atoms with Crippen LogP contribution in [0.2, 0.25) is 0 Å². The number of carbonyl (C=O) groups excluding carboxylic acids is 1. The van der Waals surface area contributed by atoms with Crippen molar-refractivity contribution >= 4 is 17.5 Å². The van der Waals surface area contributed by atoms with E-state index in [1.807, 2.05) is 18.2 Å². The Labute approximate surface area is 160 Å². The molecule has 0 bridgehead atoms. The van der Waals surface area contributed by atoms with E-state index in [4.69, 9.17) is 4.74 Å². The molecular weight excluding hydrogens is 372 g/mol. The van der Waals surface area contributed by atoms with Gasteiger partial charge < -0.3 is 15.0 Å². The van der Waals surface area contributed by atoms with E-state index in [0.29, 0.717) is 0 Å². The van der Waals surface area contributed by atoms with E-state index in [-0.39, 0.29) is 31.8 Å². The van der Waals surface area contributed by atoms with Crippen LogP contribution in [0.4, 0.5) is 25.0 Å². The van der Waals surface area contributed by atoms with Crippen molar-refractivity contribution in [2.24, 2.45) is 0 Å². The van der Waals surface area contributed by atoms with Crippen molar-refractivity contribution in [1.29, 1.82) is 0 Å². The Morgan fingerprint density at radius 2 is 2.04 bits per heavy atom. The van der Waals surface area contributed by atoms with Crippen molar-refractivity contribution in [3.05, 3.63) is 70.0 Å². The molecule has 7 nitrogen and oxygen atoms in total.